The van der Waals surface area contributed by atoms with Gasteiger partial charge in [0, 0.05) is 10.7 Å². The molecular formula is C15H14Cl2N2O. The van der Waals surface area contributed by atoms with Gasteiger partial charge in [0.2, 0.25) is 0 Å². The van der Waals surface area contributed by atoms with E-state index in [0.717, 1.165) is 11.1 Å². The molecule has 0 bridgehead atoms. The highest BCUT2D eigenvalue weighted by Crippen LogP contribution is 2.27. The molecule has 104 valence electrons. The van der Waals surface area contributed by atoms with Crippen molar-refractivity contribution < 1.29 is 4.79 Å². The molecule has 2 rings (SSSR count). The summed E-state index contributed by atoms with van der Waals surface area (Å²) < 4.78 is 0. The van der Waals surface area contributed by atoms with Crippen LogP contribution in [0.5, 0.6) is 0 Å². The third-order valence-electron chi connectivity index (χ3n) is 2.75. The summed E-state index contributed by atoms with van der Waals surface area (Å²) in [6.45, 7) is 3.85. The first kappa shape index (κ1) is 14.7. The molecule has 2 aromatic carbocycles. The normalized spacial score (nSPS) is 10.2. The monoisotopic (exact) mass is 308 g/mol. The number of carbonyl (C=O) groups excluding carboxylic acids is 1. The molecule has 0 aliphatic heterocycles. The van der Waals surface area contributed by atoms with Crippen LogP contribution >= 0.6 is 23.2 Å². The van der Waals surface area contributed by atoms with E-state index in [2.05, 4.69) is 10.6 Å². The Labute approximate surface area is 127 Å². The fourth-order valence-electron chi connectivity index (χ4n) is 1.92. The highest BCUT2D eigenvalue weighted by Gasteiger charge is 2.09. The van der Waals surface area contributed by atoms with Gasteiger partial charge in [-0.2, -0.15) is 0 Å². The number of rotatable bonds is 2. The van der Waals surface area contributed by atoms with Crippen molar-refractivity contribution in [2.45, 2.75) is 13.8 Å². The van der Waals surface area contributed by atoms with E-state index in [1.165, 1.54) is 0 Å². The fraction of sp³-hybridized carbons (Fsp3) is 0.133. The molecule has 2 aromatic rings. The summed E-state index contributed by atoms with van der Waals surface area (Å²) in [5.74, 6) is 0. The van der Waals surface area contributed by atoms with E-state index in [9.17, 15) is 4.79 Å². The first-order valence-corrected chi connectivity index (χ1v) is 6.81. The van der Waals surface area contributed by atoms with E-state index in [1.807, 2.05) is 26.0 Å². The first-order chi connectivity index (χ1) is 9.45. The maximum absolute atomic E-state index is 12.0. The molecule has 0 heterocycles. The van der Waals surface area contributed by atoms with E-state index in [4.69, 9.17) is 23.2 Å². The van der Waals surface area contributed by atoms with Gasteiger partial charge in [-0.1, -0.05) is 35.3 Å². The molecule has 0 aliphatic rings. The van der Waals surface area contributed by atoms with Crippen molar-refractivity contribution in [3.63, 3.8) is 0 Å². The summed E-state index contributed by atoms with van der Waals surface area (Å²) in [6, 6.07) is 10.3. The SMILES string of the molecule is Cc1cc(C)c(NC(=O)Nc2cccc(Cl)c2)c(Cl)c1. The molecule has 5 heteroatoms. The van der Waals surface area contributed by atoms with Crippen molar-refractivity contribution in [2.24, 2.45) is 0 Å². The Bertz CT molecular complexity index is 633. The van der Waals surface area contributed by atoms with E-state index in [0.29, 0.717) is 21.4 Å². The molecule has 2 N–H and O–H groups in total. The van der Waals surface area contributed by atoms with Crippen LogP contribution in [0.3, 0.4) is 0 Å². The Balaban J connectivity index is 2.13. The number of carbonyl (C=O) groups is 1. The number of hydrogen-bond donors (Lipinski definition) is 2. The summed E-state index contributed by atoms with van der Waals surface area (Å²) in [4.78, 5) is 12.0. The number of urea groups is 1. The lowest BCUT2D eigenvalue weighted by Crippen LogP contribution is -2.20. The summed E-state index contributed by atoms with van der Waals surface area (Å²) in [7, 11) is 0. The van der Waals surface area contributed by atoms with Gasteiger partial charge in [0.05, 0.1) is 10.7 Å². The maximum Gasteiger partial charge on any atom is 0.323 e. The first-order valence-electron chi connectivity index (χ1n) is 6.06. The third kappa shape index (κ3) is 3.65. The predicted molar refractivity (Wildman–Crippen MR) is 85.0 cm³/mol. The molecule has 20 heavy (non-hydrogen) atoms. The van der Waals surface area contributed by atoms with Crippen LogP contribution in [0.25, 0.3) is 0 Å². The summed E-state index contributed by atoms with van der Waals surface area (Å²) in [5.41, 5.74) is 3.19. The molecule has 0 fully saturated rings. The van der Waals surface area contributed by atoms with Crippen molar-refractivity contribution >= 4 is 40.6 Å². The van der Waals surface area contributed by atoms with Crippen molar-refractivity contribution in [1.29, 1.82) is 0 Å². The van der Waals surface area contributed by atoms with Crippen LogP contribution in [0.15, 0.2) is 36.4 Å². The van der Waals surface area contributed by atoms with Gasteiger partial charge in [-0.05, 0) is 49.2 Å². The van der Waals surface area contributed by atoms with Crippen molar-refractivity contribution in [1.82, 2.24) is 0 Å². The zero-order valence-electron chi connectivity index (χ0n) is 11.1. The molecule has 0 atom stereocenters. The van der Waals surface area contributed by atoms with E-state index in [1.54, 1.807) is 24.3 Å². The lowest BCUT2D eigenvalue weighted by atomic mass is 10.1. The van der Waals surface area contributed by atoms with Crippen LogP contribution in [-0.4, -0.2) is 6.03 Å². The van der Waals surface area contributed by atoms with Gasteiger partial charge in [0.15, 0.2) is 0 Å². The van der Waals surface area contributed by atoms with Gasteiger partial charge in [-0.3, -0.25) is 0 Å². The van der Waals surface area contributed by atoms with Gasteiger partial charge >= 0.3 is 6.03 Å². The van der Waals surface area contributed by atoms with Gasteiger partial charge in [-0.15, -0.1) is 0 Å². The Morgan fingerprint density at radius 1 is 1.05 bits per heavy atom. The molecule has 0 aliphatic carbocycles. The van der Waals surface area contributed by atoms with E-state index in [-0.39, 0.29) is 6.03 Å². The second kappa shape index (κ2) is 6.16. The van der Waals surface area contributed by atoms with Crippen LogP contribution in [0.4, 0.5) is 16.2 Å². The van der Waals surface area contributed by atoms with E-state index < -0.39 is 0 Å². The van der Waals surface area contributed by atoms with Crippen LogP contribution in [0.2, 0.25) is 10.0 Å². The minimum absolute atomic E-state index is 0.360. The third-order valence-corrected chi connectivity index (χ3v) is 3.29. The van der Waals surface area contributed by atoms with Crippen LogP contribution in [-0.2, 0) is 0 Å². The highest BCUT2D eigenvalue weighted by atomic mass is 35.5. The molecule has 0 spiro atoms. The van der Waals surface area contributed by atoms with Crippen molar-refractivity contribution in [2.75, 3.05) is 10.6 Å². The molecule has 0 unspecified atom stereocenters. The highest BCUT2D eigenvalue weighted by molar-refractivity contribution is 6.34. The number of amides is 2. The smallest absolute Gasteiger partial charge is 0.308 e. The fourth-order valence-corrected chi connectivity index (χ4v) is 2.47. The molecule has 0 saturated heterocycles. The average molecular weight is 309 g/mol. The number of anilines is 2. The largest absolute Gasteiger partial charge is 0.323 e. The molecule has 0 saturated carbocycles. The molecular weight excluding hydrogens is 295 g/mol. The summed E-state index contributed by atoms with van der Waals surface area (Å²) in [6.07, 6.45) is 0. The second-order valence-corrected chi connectivity index (χ2v) is 5.37. The van der Waals surface area contributed by atoms with Crippen molar-refractivity contribution in [3.8, 4) is 0 Å². The lowest BCUT2D eigenvalue weighted by Gasteiger charge is -2.12. The second-order valence-electron chi connectivity index (χ2n) is 4.53. The van der Waals surface area contributed by atoms with E-state index >= 15 is 0 Å². The minimum Gasteiger partial charge on any atom is -0.308 e. The van der Waals surface area contributed by atoms with Gasteiger partial charge in [0.25, 0.3) is 0 Å². The average Bonchev–Trinajstić information content (AvgIpc) is 2.33. The van der Waals surface area contributed by atoms with Crippen LogP contribution in [0.1, 0.15) is 11.1 Å². The summed E-state index contributed by atoms with van der Waals surface area (Å²) in [5, 5.41) is 6.54. The molecule has 0 radical (unpaired) electrons. The van der Waals surface area contributed by atoms with Crippen LogP contribution in [0, 0.1) is 13.8 Å². The Morgan fingerprint density at radius 2 is 1.80 bits per heavy atom. The molecule has 3 nitrogen and oxygen atoms in total. The number of nitrogens with one attached hydrogen (secondary N) is 2. The Kier molecular flexibility index (Phi) is 4.53. The van der Waals surface area contributed by atoms with Crippen molar-refractivity contribution in [3.05, 3.63) is 57.6 Å². The van der Waals surface area contributed by atoms with Gasteiger partial charge in [-0.25, -0.2) is 4.79 Å². The molecule has 2 amide bonds. The zero-order chi connectivity index (χ0) is 14.7. The molecule has 0 aromatic heterocycles. The predicted octanol–water partition coefficient (Wildman–Crippen LogP) is 5.25. The number of benzene rings is 2. The quantitative estimate of drug-likeness (QED) is 0.781. The Hall–Kier alpha value is -1.71. The minimum atomic E-state index is -0.360. The maximum atomic E-state index is 12.0. The number of halogens is 2. The zero-order valence-corrected chi connectivity index (χ0v) is 12.6. The lowest BCUT2D eigenvalue weighted by molar-refractivity contribution is 0.262. The van der Waals surface area contributed by atoms with Gasteiger partial charge < -0.3 is 10.6 Å². The Morgan fingerprint density at radius 3 is 2.45 bits per heavy atom. The van der Waals surface area contributed by atoms with Gasteiger partial charge in [0.1, 0.15) is 0 Å². The summed E-state index contributed by atoms with van der Waals surface area (Å²) >= 11 is 12.0. The standard InChI is InChI=1S/C15H14Cl2N2O/c1-9-6-10(2)14(13(17)7-9)19-15(20)18-12-5-3-4-11(16)8-12/h3-8H,1-2H3,(H2,18,19,20). The number of hydrogen-bond acceptors (Lipinski definition) is 1. The topological polar surface area (TPSA) is 41.1 Å². The van der Waals surface area contributed by atoms with Crippen LogP contribution < -0.4 is 10.6 Å². The number of aryl methyl sites for hydroxylation is 2.